The van der Waals surface area contributed by atoms with Crippen LogP contribution in [0.1, 0.15) is 24.0 Å². The summed E-state index contributed by atoms with van der Waals surface area (Å²) in [4.78, 5) is 4.21. The molecular weight excluding hydrogens is 499 g/mol. The molecule has 9 heteroatoms. The van der Waals surface area contributed by atoms with Crippen LogP contribution in [0, 0.1) is 0 Å². The van der Waals surface area contributed by atoms with Crippen LogP contribution in [-0.4, -0.2) is 39.8 Å². The predicted molar refractivity (Wildman–Crippen MR) is 121 cm³/mol. The summed E-state index contributed by atoms with van der Waals surface area (Å²) in [7, 11) is 3.13. The van der Waals surface area contributed by atoms with Crippen molar-refractivity contribution in [3.8, 4) is 11.5 Å². The Bertz CT molecular complexity index is 730. The Balaban J connectivity index is 0.00000392. The lowest BCUT2D eigenvalue weighted by Gasteiger charge is -2.16. The summed E-state index contributed by atoms with van der Waals surface area (Å²) in [6, 6.07) is 7.15. The Kier molecular flexibility index (Phi) is 11.1. The van der Waals surface area contributed by atoms with E-state index in [0.717, 1.165) is 12.1 Å². The first kappa shape index (κ1) is 24.4. The van der Waals surface area contributed by atoms with Crippen LogP contribution >= 0.6 is 35.3 Å². The van der Waals surface area contributed by atoms with Gasteiger partial charge in [-0.15, -0.1) is 24.0 Å². The van der Waals surface area contributed by atoms with E-state index in [2.05, 4.69) is 44.1 Å². The number of hydrogen-bond donors (Lipinski definition) is 2. The molecule has 2 rings (SSSR count). The molecular formula is C19H26F2IN3O2S. The quantitative estimate of drug-likeness (QED) is 0.288. The molecule has 1 heterocycles. The molecule has 1 atom stereocenters. The van der Waals surface area contributed by atoms with E-state index in [1.54, 1.807) is 30.5 Å². The van der Waals surface area contributed by atoms with E-state index in [1.807, 2.05) is 6.07 Å². The largest absolute Gasteiger partial charge is 0.493 e. The molecule has 5 nitrogen and oxygen atoms in total. The molecule has 0 radical (unpaired) electrons. The summed E-state index contributed by atoms with van der Waals surface area (Å²) in [5, 5.41) is 10.7. The standard InChI is InChI=1S/C19H25F2N3O2S.HI/c1-13(15-7-9-27-12-15)11-24-19(22-2)23-8-6-14-4-5-16(25-3)17(10-14)26-18(20)21;/h4-5,7,9-10,12-13,18H,6,8,11H2,1-3H3,(H2,22,23,24);1H. The zero-order valence-electron chi connectivity index (χ0n) is 16.1. The van der Waals surface area contributed by atoms with Gasteiger partial charge < -0.3 is 20.1 Å². The van der Waals surface area contributed by atoms with Crippen molar-refractivity contribution in [2.75, 3.05) is 27.2 Å². The van der Waals surface area contributed by atoms with Crippen LogP contribution in [0.2, 0.25) is 0 Å². The van der Waals surface area contributed by atoms with E-state index in [9.17, 15) is 8.78 Å². The van der Waals surface area contributed by atoms with Gasteiger partial charge in [0.2, 0.25) is 0 Å². The van der Waals surface area contributed by atoms with Crippen LogP contribution in [0.3, 0.4) is 0 Å². The number of ether oxygens (including phenoxy) is 2. The summed E-state index contributed by atoms with van der Waals surface area (Å²) < 4.78 is 34.6. The van der Waals surface area contributed by atoms with Crippen molar-refractivity contribution < 1.29 is 18.3 Å². The first-order chi connectivity index (χ1) is 13.0. The molecule has 0 aliphatic rings. The van der Waals surface area contributed by atoms with Crippen molar-refractivity contribution in [2.24, 2.45) is 4.99 Å². The van der Waals surface area contributed by atoms with Gasteiger partial charge in [-0.05, 0) is 52.4 Å². The average molecular weight is 525 g/mol. The number of halogens is 3. The maximum absolute atomic E-state index is 12.5. The van der Waals surface area contributed by atoms with Crippen molar-refractivity contribution in [3.63, 3.8) is 0 Å². The Labute approximate surface area is 185 Å². The molecule has 2 N–H and O–H groups in total. The lowest BCUT2D eigenvalue weighted by molar-refractivity contribution is -0.0512. The van der Waals surface area contributed by atoms with E-state index in [-0.39, 0.29) is 35.5 Å². The van der Waals surface area contributed by atoms with Crippen molar-refractivity contribution in [1.29, 1.82) is 0 Å². The number of alkyl halides is 2. The van der Waals surface area contributed by atoms with Gasteiger partial charge in [-0.2, -0.15) is 20.1 Å². The van der Waals surface area contributed by atoms with Gasteiger partial charge in [-0.25, -0.2) is 0 Å². The molecule has 1 aromatic carbocycles. The highest BCUT2D eigenvalue weighted by molar-refractivity contribution is 14.0. The number of methoxy groups -OCH3 is 1. The molecule has 0 amide bonds. The van der Waals surface area contributed by atoms with E-state index < -0.39 is 6.61 Å². The third-order valence-electron chi connectivity index (χ3n) is 4.06. The lowest BCUT2D eigenvalue weighted by Crippen LogP contribution is -2.39. The van der Waals surface area contributed by atoms with Gasteiger partial charge in [0.25, 0.3) is 0 Å². The fraction of sp³-hybridized carbons (Fsp3) is 0.421. The molecule has 1 unspecified atom stereocenters. The first-order valence-corrected chi connectivity index (χ1v) is 9.56. The van der Waals surface area contributed by atoms with Crippen LogP contribution in [0.5, 0.6) is 11.5 Å². The zero-order valence-corrected chi connectivity index (χ0v) is 19.2. The summed E-state index contributed by atoms with van der Waals surface area (Å²) >= 11 is 1.69. The van der Waals surface area contributed by atoms with E-state index in [0.29, 0.717) is 24.8 Å². The number of rotatable bonds is 9. The van der Waals surface area contributed by atoms with Gasteiger partial charge in [-0.3, -0.25) is 4.99 Å². The minimum absolute atomic E-state index is 0. The molecule has 0 saturated carbocycles. The fourth-order valence-electron chi connectivity index (χ4n) is 2.53. The zero-order chi connectivity index (χ0) is 19.6. The van der Waals surface area contributed by atoms with Crippen molar-refractivity contribution in [3.05, 3.63) is 46.2 Å². The minimum atomic E-state index is -2.89. The molecule has 0 bridgehead atoms. The summed E-state index contributed by atoms with van der Waals surface area (Å²) in [5.41, 5.74) is 2.16. The lowest BCUT2D eigenvalue weighted by atomic mass is 10.1. The van der Waals surface area contributed by atoms with E-state index in [4.69, 9.17) is 4.74 Å². The second kappa shape index (κ2) is 12.8. The Morgan fingerprint density at radius 1 is 1.21 bits per heavy atom. The maximum atomic E-state index is 12.5. The topological polar surface area (TPSA) is 54.9 Å². The highest BCUT2D eigenvalue weighted by Gasteiger charge is 2.11. The third kappa shape index (κ3) is 7.78. The summed E-state index contributed by atoms with van der Waals surface area (Å²) in [6.07, 6.45) is 0.629. The second-order valence-corrected chi connectivity index (χ2v) is 6.73. The number of benzene rings is 1. The molecule has 0 aliphatic heterocycles. The van der Waals surface area contributed by atoms with Crippen LogP contribution in [0.25, 0.3) is 0 Å². The van der Waals surface area contributed by atoms with Crippen LogP contribution in [0.4, 0.5) is 8.78 Å². The molecule has 156 valence electrons. The fourth-order valence-corrected chi connectivity index (χ4v) is 3.32. The van der Waals surface area contributed by atoms with Crippen LogP contribution in [-0.2, 0) is 6.42 Å². The van der Waals surface area contributed by atoms with Crippen molar-refractivity contribution in [2.45, 2.75) is 25.9 Å². The number of thiophene rings is 1. The summed E-state index contributed by atoms with van der Waals surface area (Å²) in [6.45, 7) is 0.642. The predicted octanol–water partition coefficient (Wildman–Crippen LogP) is 4.49. The number of nitrogens with one attached hydrogen (secondary N) is 2. The second-order valence-electron chi connectivity index (χ2n) is 5.95. The molecule has 2 aromatic rings. The number of aliphatic imine (C=N–C) groups is 1. The summed E-state index contributed by atoms with van der Waals surface area (Å²) in [5.74, 6) is 1.41. The molecule has 0 saturated heterocycles. The number of guanidine groups is 1. The van der Waals surface area contributed by atoms with Crippen molar-refractivity contribution in [1.82, 2.24) is 10.6 Å². The van der Waals surface area contributed by atoms with Gasteiger partial charge >= 0.3 is 6.61 Å². The van der Waals surface area contributed by atoms with E-state index in [1.165, 1.54) is 12.7 Å². The van der Waals surface area contributed by atoms with Gasteiger partial charge in [0.15, 0.2) is 17.5 Å². The minimum Gasteiger partial charge on any atom is -0.493 e. The smallest absolute Gasteiger partial charge is 0.387 e. The van der Waals surface area contributed by atoms with Crippen LogP contribution in [0.15, 0.2) is 40.0 Å². The Morgan fingerprint density at radius 2 is 2.00 bits per heavy atom. The molecule has 0 aliphatic carbocycles. The third-order valence-corrected chi connectivity index (χ3v) is 4.76. The molecule has 1 aromatic heterocycles. The van der Waals surface area contributed by atoms with Crippen LogP contribution < -0.4 is 20.1 Å². The van der Waals surface area contributed by atoms with Gasteiger partial charge in [-0.1, -0.05) is 13.0 Å². The van der Waals surface area contributed by atoms with Gasteiger partial charge in [0.1, 0.15) is 0 Å². The number of nitrogens with zero attached hydrogens (tertiary/aromatic N) is 1. The highest BCUT2D eigenvalue weighted by atomic mass is 127. The highest BCUT2D eigenvalue weighted by Crippen LogP contribution is 2.29. The maximum Gasteiger partial charge on any atom is 0.387 e. The Hall–Kier alpha value is -1.62. The first-order valence-electron chi connectivity index (χ1n) is 8.61. The number of hydrogen-bond acceptors (Lipinski definition) is 4. The van der Waals surface area contributed by atoms with E-state index >= 15 is 0 Å². The normalized spacial score (nSPS) is 12.3. The van der Waals surface area contributed by atoms with Gasteiger partial charge in [0.05, 0.1) is 7.11 Å². The molecule has 0 fully saturated rings. The Morgan fingerprint density at radius 3 is 2.61 bits per heavy atom. The molecule has 28 heavy (non-hydrogen) atoms. The van der Waals surface area contributed by atoms with Gasteiger partial charge in [0, 0.05) is 20.1 Å². The monoisotopic (exact) mass is 525 g/mol. The van der Waals surface area contributed by atoms with Crippen molar-refractivity contribution >= 4 is 41.3 Å². The molecule has 0 spiro atoms. The average Bonchev–Trinajstić information content (AvgIpc) is 3.19. The SMILES string of the molecule is CN=C(NCCc1ccc(OC)c(OC(F)F)c1)NCC(C)c1ccsc1.I.